The third-order valence-corrected chi connectivity index (χ3v) is 4.05. The molecular weight excluding hydrogens is 382 g/mol. The van der Waals surface area contributed by atoms with Gasteiger partial charge >= 0.3 is 144 Å². The van der Waals surface area contributed by atoms with Gasteiger partial charge in [-0.05, 0) is 0 Å². The number of fused-ring (bicyclic) bond motifs is 1. The van der Waals surface area contributed by atoms with Gasteiger partial charge in [0.25, 0.3) is 0 Å². The van der Waals surface area contributed by atoms with Crippen molar-refractivity contribution < 1.29 is 22.8 Å². The van der Waals surface area contributed by atoms with E-state index >= 15 is 0 Å². The van der Waals surface area contributed by atoms with E-state index in [1.807, 2.05) is 16.9 Å². The first kappa shape index (κ1) is 16.5. The summed E-state index contributed by atoms with van der Waals surface area (Å²) < 4.78 is 38.9. The number of alkyl halides is 3. The van der Waals surface area contributed by atoms with Crippen molar-refractivity contribution in [1.29, 1.82) is 0 Å². The summed E-state index contributed by atoms with van der Waals surface area (Å²) >= 11 is 2.04. The summed E-state index contributed by atoms with van der Waals surface area (Å²) in [6.07, 6.45) is -1.95. The topological polar surface area (TPSA) is 37.4 Å². The van der Waals surface area contributed by atoms with Crippen LogP contribution in [0.4, 0.5) is 13.2 Å². The molecule has 24 heavy (non-hydrogen) atoms. The number of imide groups is 1. The molecule has 0 aromatic heterocycles. The third-order valence-electron chi connectivity index (χ3n) is 3.51. The molecule has 2 radical (unpaired) electrons. The van der Waals surface area contributed by atoms with Gasteiger partial charge in [0.2, 0.25) is 0 Å². The number of halogens is 3. The Morgan fingerprint density at radius 2 is 1.54 bits per heavy atom. The van der Waals surface area contributed by atoms with Gasteiger partial charge in [-0.25, -0.2) is 0 Å². The van der Waals surface area contributed by atoms with Gasteiger partial charge in [0.1, 0.15) is 0 Å². The molecule has 0 saturated carbocycles. The molecule has 2 aromatic rings. The molecule has 120 valence electrons. The fourth-order valence-corrected chi connectivity index (χ4v) is 3.00. The summed E-state index contributed by atoms with van der Waals surface area (Å²) in [5, 5.41) is 0. The quantitative estimate of drug-likeness (QED) is 0.584. The van der Waals surface area contributed by atoms with E-state index in [1.54, 1.807) is 12.1 Å². The van der Waals surface area contributed by atoms with E-state index < -0.39 is 23.6 Å². The fourth-order valence-electron chi connectivity index (χ4n) is 2.40. The molecule has 3 rings (SSSR count). The Hall–Kier alpha value is -2.33. The Morgan fingerprint density at radius 3 is 2.08 bits per heavy atom. The second-order valence-corrected chi connectivity index (χ2v) is 6.24. The zero-order valence-electron chi connectivity index (χ0n) is 12.0. The predicted octanol–water partition coefficient (Wildman–Crippen LogP) is 2.77. The second kappa shape index (κ2) is 5.95. The summed E-state index contributed by atoms with van der Waals surface area (Å²) in [6, 6.07) is 9.86. The molecular formula is C17H9AsF3NO2. The average molecular weight is 391 g/mol. The van der Waals surface area contributed by atoms with Gasteiger partial charge in [0, 0.05) is 0 Å². The zero-order valence-corrected chi connectivity index (χ0v) is 13.9. The molecule has 1 aliphatic rings. The first-order chi connectivity index (χ1) is 11.3. The summed E-state index contributed by atoms with van der Waals surface area (Å²) in [5.74, 6) is -0.988. The van der Waals surface area contributed by atoms with Gasteiger partial charge in [0.15, 0.2) is 0 Å². The minimum atomic E-state index is -4.46. The molecule has 0 fully saturated rings. The van der Waals surface area contributed by atoms with E-state index in [1.165, 1.54) is 30.5 Å². The van der Waals surface area contributed by atoms with Crippen LogP contribution in [0.15, 0.2) is 48.7 Å². The molecule has 2 amide bonds. The van der Waals surface area contributed by atoms with Gasteiger partial charge in [-0.15, -0.1) is 0 Å². The normalized spacial score (nSPS) is 14.6. The second-order valence-electron chi connectivity index (χ2n) is 5.15. The minimum absolute atomic E-state index is 0.247. The zero-order chi connectivity index (χ0) is 17.5. The van der Waals surface area contributed by atoms with Crippen molar-refractivity contribution in [3.8, 4) is 0 Å². The number of benzene rings is 2. The Bertz CT molecular complexity index is 839. The van der Waals surface area contributed by atoms with Crippen molar-refractivity contribution in [1.82, 2.24) is 4.90 Å². The van der Waals surface area contributed by atoms with Crippen molar-refractivity contribution in [2.24, 2.45) is 0 Å². The maximum absolute atomic E-state index is 12.8. The molecule has 0 aliphatic carbocycles. The molecule has 0 spiro atoms. The average Bonchev–Trinajstić information content (AvgIpc) is 2.76. The number of hydrogen-bond acceptors (Lipinski definition) is 2. The third kappa shape index (κ3) is 3.02. The molecule has 0 saturated heterocycles. The number of carbonyl (C=O) groups is 2. The summed E-state index contributed by atoms with van der Waals surface area (Å²) in [6.45, 7) is 0. The van der Waals surface area contributed by atoms with Gasteiger partial charge in [0.05, 0.1) is 0 Å². The van der Waals surface area contributed by atoms with Crippen LogP contribution in [0.2, 0.25) is 0 Å². The van der Waals surface area contributed by atoms with Crippen LogP contribution in [0.5, 0.6) is 0 Å². The molecule has 7 heteroatoms. The molecule has 0 N–H and O–H groups in total. The van der Waals surface area contributed by atoms with Crippen LogP contribution in [0.1, 0.15) is 31.8 Å². The molecule has 0 bridgehead atoms. The van der Waals surface area contributed by atoms with Crippen molar-refractivity contribution >= 4 is 39.1 Å². The molecule has 2 aromatic carbocycles. The Kier molecular flexibility index (Phi) is 4.09. The van der Waals surface area contributed by atoms with Crippen LogP contribution in [0.3, 0.4) is 0 Å². The molecule has 0 atom stereocenters. The van der Waals surface area contributed by atoms with Gasteiger partial charge in [-0.3, -0.25) is 0 Å². The van der Waals surface area contributed by atoms with Crippen LogP contribution in [-0.2, 0) is 6.18 Å². The summed E-state index contributed by atoms with van der Waals surface area (Å²) in [7, 11) is 0. The van der Waals surface area contributed by atoms with E-state index in [0.717, 1.165) is 17.0 Å². The number of nitrogens with zero attached hydrogens (tertiary/aromatic N) is 1. The molecule has 3 nitrogen and oxygen atoms in total. The molecule has 0 unspecified atom stereocenters. The first-order valence-corrected chi connectivity index (χ1v) is 7.77. The monoisotopic (exact) mass is 391 g/mol. The number of rotatable bonds is 2. The molecule has 1 heterocycles. The Balaban J connectivity index is 1.92. The molecule has 1 aliphatic heterocycles. The van der Waals surface area contributed by atoms with E-state index in [4.69, 9.17) is 0 Å². The number of hydrogen-bond donors (Lipinski definition) is 0. The van der Waals surface area contributed by atoms with E-state index in [-0.39, 0.29) is 16.7 Å². The van der Waals surface area contributed by atoms with E-state index in [0.29, 0.717) is 4.35 Å². The van der Waals surface area contributed by atoms with Crippen LogP contribution in [0, 0.1) is 0 Å². The summed E-state index contributed by atoms with van der Waals surface area (Å²) in [4.78, 5) is 25.3. The maximum atomic E-state index is 12.8. The Labute approximate surface area is 144 Å². The van der Waals surface area contributed by atoms with Crippen LogP contribution in [0.25, 0.3) is 6.08 Å². The summed E-state index contributed by atoms with van der Waals surface area (Å²) in [5.41, 5.74) is 0.0210. The standard InChI is InChI=1S/C17H9AsF3NO2/c18-12-8-10(7-11(9-12)17(19,20)21)5-6-22-15(23)13-3-1-2-4-14(13)16(22)24/h1-9H/b6-5+. The van der Waals surface area contributed by atoms with Crippen LogP contribution < -0.4 is 4.35 Å². The SMILES string of the molecule is O=C1c2ccccc2C(=O)N1/C=C/c1cc([As])cc(C(F)(F)F)c1. The fraction of sp³-hybridized carbons (Fsp3) is 0.0588. The van der Waals surface area contributed by atoms with Gasteiger partial charge < -0.3 is 0 Å². The van der Waals surface area contributed by atoms with Gasteiger partial charge in [-0.1, -0.05) is 0 Å². The predicted molar refractivity (Wildman–Crippen MR) is 82.8 cm³/mol. The van der Waals surface area contributed by atoms with E-state index in [9.17, 15) is 22.8 Å². The number of carbonyl (C=O) groups excluding carboxylic acids is 2. The van der Waals surface area contributed by atoms with E-state index in [2.05, 4.69) is 0 Å². The van der Waals surface area contributed by atoms with Crippen molar-refractivity contribution in [3.63, 3.8) is 0 Å². The first-order valence-electron chi connectivity index (χ1n) is 6.84. The van der Waals surface area contributed by atoms with Crippen molar-refractivity contribution in [3.05, 3.63) is 70.9 Å². The Morgan fingerprint density at radius 1 is 0.958 bits per heavy atom. The van der Waals surface area contributed by atoms with Crippen molar-refractivity contribution in [2.75, 3.05) is 0 Å². The van der Waals surface area contributed by atoms with Crippen molar-refractivity contribution in [2.45, 2.75) is 6.18 Å². The van der Waals surface area contributed by atoms with Gasteiger partial charge in [-0.2, -0.15) is 0 Å². The van der Waals surface area contributed by atoms with Crippen LogP contribution in [-0.4, -0.2) is 33.6 Å². The van der Waals surface area contributed by atoms with Crippen LogP contribution >= 0.6 is 0 Å². The number of amides is 2.